The molecule has 1 aromatic carbocycles. The maximum Gasteiger partial charge on any atom is 0.191 e. The summed E-state index contributed by atoms with van der Waals surface area (Å²) in [7, 11) is 0. The molecule has 7 nitrogen and oxygen atoms in total. The minimum atomic E-state index is 0.143. The first-order valence-corrected chi connectivity index (χ1v) is 9.30. The Hall–Kier alpha value is -2.67. The van der Waals surface area contributed by atoms with Gasteiger partial charge in [-0.2, -0.15) is 0 Å². The summed E-state index contributed by atoms with van der Waals surface area (Å²) in [6.45, 7) is 7.57. The van der Waals surface area contributed by atoms with Crippen molar-refractivity contribution >= 4 is 5.96 Å². The standard InChI is InChI=1S/C20H29N3O4/c1-3-21-20(22-10-6-11-25-15-17-7-5-12-27-17)23-14-16-8-9-18(24)19(13-16)26-4-2/h5,7-9,12-13,24H,3-4,6,10-11,14-15H2,1-2H3,(H2,21,22,23). The van der Waals surface area contributed by atoms with Crippen molar-refractivity contribution in [2.24, 2.45) is 4.99 Å². The quantitative estimate of drug-likeness (QED) is 0.318. The lowest BCUT2D eigenvalue weighted by Crippen LogP contribution is -2.38. The second-order valence-electron chi connectivity index (χ2n) is 5.84. The summed E-state index contributed by atoms with van der Waals surface area (Å²) in [5, 5.41) is 16.3. The highest BCUT2D eigenvalue weighted by molar-refractivity contribution is 5.79. The lowest BCUT2D eigenvalue weighted by Gasteiger charge is -2.12. The second kappa shape index (κ2) is 11.9. The number of phenols is 1. The van der Waals surface area contributed by atoms with Crippen LogP contribution in [0.4, 0.5) is 0 Å². The molecule has 27 heavy (non-hydrogen) atoms. The van der Waals surface area contributed by atoms with E-state index in [0.717, 1.165) is 36.8 Å². The number of ether oxygens (including phenoxy) is 2. The lowest BCUT2D eigenvalue weighted by atomic mass is 10.2. The molecule has 0 aliphatic rings. The average molecular weight is 375 g/mol. The zero-order valence-electron chi connectivity index (χ0n) is 16.0. The van der Waals surface area contributed by atoms with Crippen LogP contribution in [-0.2, 0) is 17.9 Å². The molecule has 148 valence electrons. The zero-order valence-corrected chi connectivity index (χ0v) is 16.0. The van der Waals surface area contributed by atoms with Crippen molar-refractivity contribution in [3.05, 3.63) is 47.9 Å². The molecule has 0 unspecified atom stereocenters. The van der Waals surface area contributed by atoms with Crippen LogP contribution in [0.15, 0.2) is 46.0 Å². The molecule has 2 rings (SSSR count). The molecule has 0 spiro atoms. The smallest absolute Gasteiger partial charge is 0.191 e. The van der Waals surface area contributed by atoms with Gasteiger partial charge in [-0.3, -0.25) is 0 Å². The lowest BCUT2D eigenvalue weighted by molar-refractivity contribution is 0.105. The van der Waals surface area contributed by atoms with Gasteiger partial charge in [-0.25, -0.2) is 4.99 Å². The maximum atomic E-state index is 9.77. The third kappa shape index (κ3) is 7.62. The molecule has 0 radical (unpaired) electrons. The Kier molecular flexibility index (Phi) is 9.06. The van der Waals surface area contributed by atoms with Crippen LogP contribution in [0.3, 0.4) is 0 Å². The first kappa shape index (κ1) is 20.6. The second-order valence-corrected chi connectivity index (χ2v) is 5.84. The number of aliphatic imine (C=N–C) groups is 1. The largest absolute Gasteiger partial charge is 0.504 e. The summed E-state index contributed by atoms with van der Waals surface area (Å²) in [6, 6.07) is 9.04. The first-order chi connectivity index (χ1) is 13.2. The van der Waals surface area contributed by atoms with E-state index < -0.39 is 0 Å². The molecule has 0 aliphatic heterocycles. The van der Waals surface area contributed by atoms with E-state index in [1.807, 2.05) is 38.1 Å². The molecule has 0 atom stereocenters. The topological polar surface area (TPSA) is 88.3 Å². The van der Waals surface area contributed by atoms with E-state index in [1.165, 1.54) is 0 Å². The van der Waals surface area contributed by atoms with Crippen LogP contribution < -0.4 is 15.4 Å². The summed E-state index contributed by atoms with van der Waals surface area (Å²) in [5.41, 5.74) is 0.968. The molecular weight excluding hydrogens is 346 g/mol. The Balaban J connectivity index is 1.75. The molecule has 2 aromatic rings. The van der Waals surface area contributed by atoms with E-state index in [-0.39, 0.29) is 5.75 Å². The molecule has 7 heteroatoms. The van der Waals surface area contributed by atoms with Crippen molar-refractivity contribution in [3.63, 3.8) is 0 Å². The van der Waals surface area contributed by atoms with Gasteiger partial charge in [0.25, 0.3) is 0 Å². The molecular formula is C20H29N3O4. The number of guanidine groups is 1. The van der Waals surface area contributed by atoms with Crippen LogP contribution in [-0.4, -0.2) is 37.4 Å². The molecule has 0 bridgehead atoms. The van der Waals surface area contributed by atoms with Gasteiger partial charge in [0.15, 0.2) is 17.5 Å². The van der Waals surface area contributed by atoms with E-state index in [0.29, 0.717) is 32.1 Å². The zero-order chi connectivity index (χ0) is 19.3. The highest BCUT2D eigenvalue weighted by atomic mass is 16.5. The minimum Gasteiger partial charge on any atom is -0.504 e. The van der Waals surface area contributed by atoms with E-state index in [1.54, 1.807) is 12.3 Å². The summed E-state index contributed by atoms with van der Waals surface area (Å²) in [6.07, 6.45) is 2.50. The number of furan rings is 1. The minimum absolute atomic E-state index is 0.143. The summed E-state index contributed by atoms with van der Waals surface area (Å²) >= 11 is 0. The van der Waals surface area contributed by atoms with Crippen molar-refractivity contribution in [3.8, 4) is 11.5 Å². The van der Waals surface area contributed by atoms with E-state index in [4.69, 9.17) is 13.9 Å². The van der Waals surface area contributed by atoms with Crippen LogP contribution in [0.2, 0.25) is 0 Å². The molecule has 0 aliphatic carbocycles. The summed E-state index contributed by atoms with van der Waals surface area (Å²) < 4.78 is 16.2. The van der Waals surface area contributed by atoms with E-state index in [9.17, 15) is 5.11 Å². The predicted molar refractivity (Wildman–Crippen MR) is 105 cm³/mol. The van der Waals surface area contributed by atoms with Gasteiger partial charge in [0.2, 0.25) is 0 Å². The number of benzene rings is 1. The normalized spacial score (nSPS) is 11.4. The van der Waals surface area contributed by atoms with Crippen LogP contribution in [0, 0.1) is 0 Å². The monoisotopic (exact) mass is 375 g/mol. The highest BCUT2D eigenvalue weighted by Gasteiger charge is 2.04. The highest BCUT2D eigenvalue weighted by Crippen LogP contribution is 2.27. The Bertz CT molecular complexity index is 687. The van der Waals surface area contributed by atoms with Gasteiger partial charge in [0.1, 0.15) is 12.4 Å². The number of hydrogen-bond acceptors (Lipinski definition) is 5. The SMILES string of the molecule is CCNC(=NCc1ccc(O)c(OCC)c1)NCCCOCc1ccco1. The fourth-order valence-corrected chi connectivity index (χ4v) is 2.39. The Morgan fingerprint density at radius 1 is 1.22 bits per heavy atom. The van der Waals surface area contributed by atoms with E-state index >= 15 is 0 Å². The van der Waals surface area contributed by atoms with Gasteiger partial charge in [-0.1, -0.05) is 6.07 Å². The average Bonchev–Trinajstić information content (AvgIpc) is 3.18. The predicted octanol–water partition coefficient (Wildman–Crippen LogP) is 3.05. The maximum absolute atomic E-state index is 9.77. The van der Waals surface area contributed by atoms with Gasteiger partial charge in [0.05, 0.1) is 19.4 Å². The van der Waals surface area contributed by atoms with Crippen molar-refractivity contribution in [2.45, 2.75) is 33.4 Å². The van der Waals surface area contributed by atoms with Crippen molar-refractivity contribution in [1.82, 2.24) is 10.6 Å². The Morgan fingerprint density at radius 3 is 2.85 bits per heavy atom. The van der Waals surface area contributed by atoms with Gasteiger partial charge in [0, 0.05) is 19.7 Å². The fraction of sp³-hybridized carbons (Fsp3) is 0.450. The Morgan fingerprint density at radius 2 is 2.11 bits per heavy atom. The number of rotatable bonds is 11. The number of hydrogen-bond donors (Lipinski definition) is 3. The van der Waals surface area contributed by atoms with Crippen LogP contribution in [0.5, 0.6) is 11.5 Å². The van der Waals surface area contributed by atoms with Crippen molar-refractivity contribution in [1.29, 1.82) is 0 Å². The van der Waals surface area contributed by atoms with Crippen LogP contribution in [0.25, 0.3) is 0 Å². The molecule has 1 heterocycles. The van der Waals surface area contributed by atoms with Crippen molar-refractivity contribution < 1.29 is 19.0 Å². The molecule has 0 saturated carbocycles. The third-order valence-corrected chi connectivity index (χ3v) is 3.67. The number of nitrogens with zero attached hydrogens (tertiary/aromatic N) is 1. The van der Waals surface area contributed by atoms with E-state index in [2.05, 4.69) is 15.6 Å². The number of nitrogens with one attached hydrogen (secondary N) is 2. The number of aromatic hydroxyl groups is 1. The molecule has 0 fully saturated rings. The van der Waals surface area contributed by atoms with Crippen molar-refractivity contribution in [2.75, 3.05) is 26.3 Å². The van der Waals surface area contributed by atoms with Crippen LogP contribution >= 0.6 is 0 Å². The summed E-state index contributed by atoms with van der Waals surface area (Å²) in [5.74, 6) is 2.20. The summed E-state index contributed by atoms with van der Waals surface area (Å²) in [4.78, 5) is 4.57. The molecule has 0 amide bonds. The number of phenolic OH excluding ortho intramolecular Hbond substituents is 1. The molecule has 0 saturated heterocycles. The van der Waals surface area contributed by atoms with Gasteiger partial charge >= 0.3 is 0 Å². The third-order valence-electron chi connectivity index (χ3n) is 3.67. The first-order valence-electron chi connectivity index (χ1n) is 9.30. The molecule has 1 aromatic heterocycles. The van der Waals surface area contributed by atoms with Gasteiger partial charge in [-0.15, -0.1) is 0 Å². The van der Waals surface area contributed by atoms with Gasteiger partial charge in [-0.05, 0) is 50.1 Å². The Labute approximate surface area is 160 Å². The molecule has 3 N–H and O–H groups in total. The fourth-order valence-electron chi connectivity index (χ4n) is 2.39. The van der Waals surface area contributed by atoms with Gasteiger partial charge < -0.3 is 29.6 Å². The van der Waals surface area contributed by atoms with Crippen LogP contribution in [0.1, 0.15) is 31.6 Å².